The number of benzene rings is 3. The summed E-state index contributed by atoms with van der Waals surface area (Å²) in [5.74, 6) is 1.25. The number of hydrogen-bond acceptors (Lipinski definition) is 2. The van der Waals surface area contributed by atoms with Gasteiger partial charge < -0.3 is 9.53 Å². The maximum absolute atomic E-state index is 9.87. The largest absolute Gasteiger partial charge is 0.543 e. The van der Waals surface area contributed by atoms with Crippen molar-refractivity contribution in [3.05, 3.63) is 95.6 Å². The number of phenolic OH excluding ortho intramolecular Hbond substituents is 1. The molecule has 3 rings (SSSR count). The van der Waals surface area contributed by atoms with Crippen molar-refractivity contribution >= 4 is 19.5 Å². The molecule has 3 aromatic carbocycles. The first-order chi connectivity index (χ1) is 16.2. The molecule has 1 N–H and O–H groups in total. The Kier molecular flexibility index (Phi) is 8.43. The molecule has 0 aliphatic carbocycles. The van der Waals surface area contributed by atoms with Crippen molar-refractivity contribution in [2.24, 2.45) is 0 Å². The Bertz CT molecular complexity index is 1060. The predicted molar refractivity (Wildman–Crippen MR) is 149 cm³/mol. The molecule has 0 bridgehead atoms. The zero-order valence-electron chi connectivity index (χ0n) is 21.8. The highest BCUT2D eigenvalue weighted by Gasteiger charge is 2.46. The SMILES string of the molecule is CCC(=C(c1ccc(O)cc1)c1ccc(O[Si](C(C)C)(C(C)C)C(C)C)cc1)c1ccccc1. The third-order valence-corrected chi connectivity index (χ3v) is 13.1. The second-order valence-corrected chi connectivity index (χ2v) is 15.4. The quantitative estimate of drug-likeness (QED) is 0.248. The van der Waals surface area contributed by atoms with Crippen LogP contribution in [-0.2, 0) is 0 Å². The lowest BCUT2D eigenvalue weighted by molar-refractivity contribution is 0.475. The summed E-state index contributed by atoms with van der Waals surface area (Å²) in [6.45, 7) is 16.1. The Labute approximate surface area is 207 Å². The summed E-state index contributed by atoms with van der Waals surface area (Å²) < 4.78 is 6.90. The van der Waals surface area contributed by atoms with Crippen molar-refractivity contribution in [2.75, 3.05) is 0 Å². The molecule has 0 heterocycles. The Hall–Kier alpha value is -2.78. The van der Waals surface area contributed by atoms with Crippen molar-refractivity contribution in [1.29, 1.82) is 0 Å². The van der Waals surface area contributed by atoms with E-state index < -0.39 is 8.32 Å². The van der Waals surface area contributed by atoms with Crippen molar-refractivity contribution in [1.82, 2.24) is 0 Å². The van der Waals surface area contributed by atoms with Crippen LogP contribution >= 0.6 is 0 Å². The van der Waals surface area contributed by atoms with Gasteiger partial charge in [-0.05, 0) is 75.1 Å². The van der Waals surface area contributed by atoms with Crippen LogP contribution in [0.5, 0.6) is 11.5 Å². The molecule has 0 fully saturated rings. The van der Waals surface area contributed by atoms with Gasteiger partial charge in [-0.2, -0.15) is 0 Å². The van der Waals surface area contributed by atoms with Crippen LogP contribution in [0.4, 0.5) is 0 Å². The first kappa shape index (κ1) is 25.8. The van der Waals surface area contributed by atoms with Gasteiger partial charge >= 0.3 is 0 Å². The van der Waals surface area contributed by atoms with Crippen LogP contribution in [0.25, 0.3) is 11.1 Å². The zero-order valence-corrected chi connectivity index (χ0v) is 22.8. The van der Waals surface area contributed by atoms with Crippen LogP contribution in [-0.4, -0.2) is 13.4 Å². The van der Waals surface area contributed by atoms with Gasteiger partial charge in [0.05, 0.1) is 0 Å². The zero-order chi connectivity index (χ0) is 24.9. The van der Waals surface area contributed by atoms with E-state index in [4.69, 9.17) is 4.43 Å². The average molecular weight is 473 g/mol. The van der Waals surface area contributed by atoms with Gasteiger partial charge in [0, 0.05) is 0 Å². The van der Waals surface area contributed by atoms with Crippen LogP contribution in [0.15, 0.2) is 78.9 Å². The van der Waals surface area contributed by atoms with E-state index in [1.165, 1.54) is 16.7 Å². The number of phenols is 1. The number of aromatic hydroxyl groups is 1. The molecule has 0 radical (unpaired) electrons. The Morgan fingerprint density at radius 2 is 1.15 bits per heavy atom. The fraction of sp³-hybridized carbons (Fsp3) is 0.355. The van der Waals surface area contributed by atoms with Crippen molar-refractivity contribution < 1.29 is 9.53 Å². The molecule has 0 unspecified atom stereocenters. The third kappa shape index (κ3) is 5.31. The summed E-state index contributed by atoms with van der Waals surface area (Å²) >= 11 is 0. The lowest BCUT2D eigenvalue weighted by Gasteiger charge is -2.42. The highest BCUT2D eigenvalue weighted by molar-refractivity contribution is 6.78. The second-order valence-electron chi connectivity index (χ2n) is 10.1. The normalized spacial score (nSPS) is 12.9. The molecule has 0 saturated heterocycles. The van der Waals surface area contributed by atoms with Gasteiger partial charge in [0.25, 0.3) is 8.32 Å². The molecule has 0 aliphatic heterocycles. The van der Waals surface area contributed by atoms with Gasteiger partial charge in [0.15, 0.2) is 0 Å². The minimum absolute atomic E-state index is 0.280. The first-order valence-corrected chi connectivity index (χ1v) is 14.7. The second kappa shape index (κ2) is 11.1. The smallest absolute Gasteiger partial charge is 0.258 e. The summed E-state index contributed by atoms with van der Waals surface area (Å²) in [7, 11) is -2.00. The highest BCUT2D eigenvalue weighted by Crippen LogP contribution is 2.43. The summed E-state index contributed by atoms with van der Waals surface area (Å²) in [6, 6.07) is 26.8. The van der Waals surface area contributed by atoms with E-state index in [1.54, 1.807) is 12.1 Å². The van der Waals surface area contributed by atoms with Crippen LogP contribution < -0.4 is 4.43 Å². The van der Waals surface area contributed by atoms with Crippen molar-refractivity contribution in [3.63, 3.8) is 0 Å². The first-order valence-electron chi connectivity index (χ1n) is 12.6. The lowest BCUT2D eigenvalue weighted by Crippen LogP contribution is -2.50. The van der Waals surface area contributed by atoms with Gasteiger partial charge in [0.1, 0.15) is 11.5 Å². The molecule has 2 nitrogen and oxygen atoms in total. The molecule has 0 aromatic heterocycles. The van der Waals surface area contributed by atoms with E-state index in [1.807, 2.05) is 12.1 Å². The van der Waals surface area contributed by atoms with Crippen LogP contribution in [0.2, 0.25) is 16.6 Å². The molecular weight excluding hydrogens is 432 g/mol. The van der Waals surface area contributed by atoms with Gasteiger partial charge in [0.2, 0.25) is 0 Å². The van der Waals surface area contributed by atoms with Gasteiger partial charge in [-0.3, -0.25) is 0 Å². The monoisotopic (exact) mass is 472 g/mol. The number of rotatable bonds is 9. The van der Waals surface area contributed by atoms with Crippen LogP contribution in [0, 0.1) is 0 Å². The van der Waals surface area contributed by atoms with E-state index >= 15 is 0 Å². The molecule has 0 spiro atoms. The van der Waals surface area contributed by atoms with E-state index in [2.05, 4.69) is 103 Å². The molecule has 180 valence electrons. The van der Waals surface area contributed by atoms with Gasteiger partial charge in [-0.25, -0.2) is 0 Å². The van der Waals surface area contributed by atoms with Crippen LogP contribution in [0.3, 0.4) is 0 Å². The number of allylic oxidation sites excluding steroid dienone is 1. The maximum Gasteiger partial charge on any atom is 0.258 e. The van der Waals surface area contributed by atoms with E-state index in [9.17, 15) is 5.11 Å². The molecular formula is C31H40O2Si. The van der Waals surface area contributed by atoms with Crippen molar-refractivity contribution in [2.45, 2.75) is 71.5 Å². The third-order valence-electron chi connectivity index (χ3n) is 7.08. The predicted octanol–water partition coefficient (Wildman–Crippen LogP) is 9.32. The van der Waals surface area contributed by atoms with E-state index in [0.717, 1.165) is 23.3 Å². The molecule has 0 atom stereocenters. The molecule has 3 aromatic rings. The fourth-order valence-electron chi connectivity index (χ4n) is 5.56. The molecule has 0 aliphatic rings. The lowest BCUT2D eigenvalue weighted by atomic mass is 9.88. The summed E-state index contributed by atoms with van der Waals surface area (Å²) in [6.07, 6.45) is 0.905. The molecule has 0 saturated carbocycles. The molecule has 0 amide bonds. The maximum atomic E-state index is 9.87. The molecule has 3 heteroatoms. The average Bonchev–Trinajstić information content (AvgIpc) is 2.82. The Morgan fingerprint density at radius 3 is 1.59 bits per heavy atom. The summed E-state index contributed by atoms with van der Waals surface area (Å²) in [5.41, 5.74) is 7.56. The molecule has 34 heavy (non-hydrogen) atoms. The summed E-state index contributed by atoms with van der Waals surface area (Å²) in [4.78, 5) is 0. The van der Waals surface area contributed by atoms with Gasteiger partial charge in [-0.15, -0.1) is 0 Å². The van der Waals surface area contributed by atoms with E-state index in [-0.39, 0.29) is 5.75 Å². The Balaban J connectivity index is 2.10. The highest BCUT2D eigenvalue weighted by atomic mass is 28.4. The van der Waals surface area contributed by atoms with E-state index in [0.29, 0.717) is 16.6 Å². The standard InChI is InChI=1S/C31H40O2Si/c1-8-30(25-12-10-9-11-13-25)31(26-14-18-28(32)19-15-26)27-16-20-29(21-17-27)33-34(22(2)3,23(4)5)24(6)7/h9-24,32H,8H2,1-7H3. The topological polar surface area (TPSA) is 29.5 Å². The van der Waals surface area contributed by atoms with Crippen molar-refractivity contribution in [3.8, 4) is 11.5 Å². The van der Waals surface area contributed by atoms with Crippen LogP contribution in [0.1, 0.15) is 71.6 Å². The summed E-state index contributed by atoms with van der Waals surface area (Å²) in [5, 5.41) is 9.87. The minimum Gasteiger partial charge on any atom is -0.543 e. The Morgan fingerprint density at radius 1 is 0.676 bits per heavy atom. The minimum atomic E-state index is -2.00. The number of hydrogen-bond donors (Lipinski definition) is 1. The van der Waals surface area contributed by atoms with Gasteiger partial charge in [-0.1, -0.05) is 103 Å². The fourth-order valence-corrected chi connectivity index (χ4v) is 10.8.